The summed E-state index contributed by atoms with van der Waals surface area (Å²) in [6.07, 6.45) is -1.32. The van der Waals surface area contributed by atoms with Gasteiger partial charge in [-0.15, -0.1) is 0 Å². The van der Waals surface area contributed by atoms with Crippen molar-refractivity contribution in [2.24, 2.45) is 0 Å². The highest BCUT2D eigenvalue weighted by atomic mass is 32.2. The van der Waals surface area contributed by atoms with E-state index in [4.69, 9.17) is 14.2 Å². The molecule has 188 valence electrons. The third kappa shape index (κ3) is 5.59. The highest BCUT2D eigenvalue weighted by Crippen LogP contribution is 2.30. The number of nitrogens with zero attached hydrogens (tertiary/aromatic N) is 2. The Hall–Kier alpha value is -3.12. The molecular formula is C24H28N2O8S. The van der Waals surface area contributed by atoms with Gasteiger partial charge in [0.25, 0.3) is 5.91 Å². The van der Waals surface area contributed by atoms with E-state index in [1.54, 1.807) is 19.1 Å². The van der Waals surface area contributed by atoms with Crippen LogP contribution in [0.5, 0.6) is 0 Å². The Morgan fingerprint density at radius 3 is 2.20 bits per heavy atom. The number of hydrogen-bond acceptors (Lipinski definition) is 8. The molecule has 1 saturated heterocycles. The van der Waals surface area contributed by atoms with Crippen molar-refractivity contribution in [3.63, 3.8) is 0 Å². The topological polar surface area (TPSA) is 120 Å². The third-order valence-electron chi connectivity index (χ3n) is 5.59. The second kappa shape index (κ2) is 11.1. The molecule has 0 aliphatic carbocycles. The molecule has 1 aliphatic rings. The number of hydrogen-bond donors (Lipinski definition) is 0. The first kappa shape index (κ1) is 26.5. The first-order valence-corrected chi connectivity index (χ1v) is 12.4. The molecule has 0 bridgehead atoms. The maximum absolute atomic E-state index is 13.6. The zero-order valence-corrected chi connectivity index (χ0v) is 20.8. The summed E-state index contributed by atoms with van der Waals surface area (Å²) >= 11 is 0. The molecule has 0 saturated carbocycles. The van der Waals surface area contributed by atoms with Crippen molar-refractivity contribution in [1.29, 1.82) is 0 Å². The van der Waals surface area contributed by atoms with Gasteiger partial charge in [0.2, 0.25) is 15.9 Å². The first-order valence-electron chi connectivity index (χ1n) is 10.9. The summed E-state index contributed by atoms with van der Waals surface area (Å²) in [7, 11) is -1.49. The van der Waals surface area contributed by atoms with Gasteiger partial charge in [0.1, 0.15) is 6.04 Å². The minimum Gasteiger partial charge on any atom is -0.462 e. The molecule has 0 radical (unpaired) electrons. The molecule has 2 aromatic rings. The number of sulfonamides is 1. The van der Waals surface area contributed by atoms with Crippen LogP contribution >= 0.6 is 0 Å². The lowest BCUT2D eigenvalue weighted by molar-refractivity contribution is -0.125. The van der Waals surface area contributed by atoms with Gasteiger partial charge in [-0.25, -0.2) is 18.1 Å². The number of imide groups is 1. The average molecular weight is 505 g/mol. The van der Waals surface area contributed by atoms with Crippen LogP contribution in [0.2, 0.25) is 0 Å². The van der Waals surface area contributed by atoms with Crippen molar-refractivity contribution in [3.05, 3.63) is 59.7 Å². The lowest BCUT2D eigenvalue weighted by Gasteiger charge is -2.29. The first-order chi connectivity index (χ1) is 16.6. The summed E-state index contributed by atoms with van der Waals surface area (Å²) in [5.74, 6) is -1.81. The van der Waals surface area contributed by atoms with Crippen LogP contribution in [0.3, 0.4) is 0 Å². The SMILES string of the molecule is CCOC(=O)c1ccc(N2C(=O)CC(N(CC(OC)OC)S(=O)(=O)c3ccc(C)cc3)C2=O)cc1. The zero-order chi connectivity index (χ0) is 25.8. The maximum atomic E-state index is 13.6. The monoisotopic (exact) mass is 504 g/mol. The zero-order valence-electron chi connectivity index (χ0n) is 20.0. The largest absolute Gasteiger partial charge is 0.462 e. The Balaban J connectivity index is 1.95. The lowest BCUT2D eigenvalue weighted by atomic mass is 10.2. The van der Waals surface area contributed by atoms with Gasteiger partial charge < -0.3 is 14.2 Å². The van der Waals surface area contributed by atoms with Crippen molar-refractivity contribution in [2.75, 3.05) is 32.3 Å². The fraction of sp³-hybridized carbons (Fsp3) is 0.375. The number of methoxy groups -OCH3 is 2. The van der Waals surface area contributed by atoms with Crippen LogP contribution in [-0.4, -0.2) is 70.2 Å². The molecule has 2 aromatic carbocycles. The van der Waals surface area contributed by atoms with Crippen LogP contribution in [-0.2, 0) is 33.8 Å². The quantitative estimate of drug-likeness (QED) is 0.274. The minimum atomic E-state index is -4.19. The second-order valence-electron chi connectivity index (χ2n) is 7.84. The molecule has 3 rings (SSSR count). The van der Waals surface area contributed by atoms with Gasteiger partial charge in [-0.3, -0.25) is 9.59 Å². The number of amides is 2. The maximum Gasteiger partial charge on any atom is 0.338 e. The van der Waals surface area contributed by atoms with E-state index >= 15 is 0 Å². The lowest BCUT2D eigenvalue weighted by Crippen LogP contribution is -2.49. The Kier molecular flexibility index (Phi) is 8.39. The predicted octanol–water partition coefficient (Wildman–Crippen LogP) is 2.11. The average Bonchev–Trinajstić information content (AvgIpc) is 3.13. The van der Waals surface area contributed by atoms with Crippen LogP contribution < -0.4 is 4.90 Å². The molecule has 2 amide bonds. The fourth-order valence-electron chi connectivity index (χ4n) is 3.70. The van der Waals surface area contributed by atoms with Crippen LogP contribution in [0.4, 0.5) is 5.69 Å². The van der Waals surface area contributed by atoms with Gasteiger partial charge in [-0.05, 0) is 50.2 Å². The number of benzene rings is 2. The highest BCUT2D eigenvalue weighted by Gasteiger charge is 2.47. The van der Waals surface area contributed by atoms with Gasteiger partial charge in [0.05, 0.1) is 35.7 Å². The van der Waals surface area contributed by atoms with E-state index in [1.165, 1.54) is 50.6 Å². The van der Waals surface area contributed by atoms with Crippen molar-refractivity contribution < 1.29 is 37.0 Å². The normalized spacial score (nSPS) is 16.4. The predicted molar refractivity (Wildman–Crippen MR) is 126 cm³/mol. The number of carbonyl (C=O) groups excluding carboxylic acids is 3. The third-order valence-corrected chi connectivity index (χ3v) is 7.48. The molecule has 11 heteroatoms. The summed E-state index contributed by atoms with van der Waals surface area (Å²) in [5, 5.41) is 0. The van der Waals surface area contributed by atoms with E-state index in [2.05, 4.69) is 0 Å². The van der Waals surface area contributed by atoms with Crippen molar-refractivity contribution in [2.45, 2.75) is 37.5 Å². The van der Waals surface area contributed by atoms with Gasteiger partial charge in [-0.1, -0.05) is 17.7 Å². The van der Waals surface area contributed by atoms with Crippen molar-refractivity contribution in [3.8, 4) is 0 Å². The number of ether oxygens (including phenoxy) is 3. The Bertz CT molecular complexity index is 1180. The van der Waals surface area contributed by atoms with E-state index in [1.807, 2.05) is 6.92 Å². The molecule has 1 aliphatic heterocycles. The number of carbonyl (C=O) groups is 3. The van der Waals surface area contributed by atoms with Crippen molar-refractivity contribution in [1.82, 2.24) is 4.31 Å². The standard InChI is InChI=1S/C24H28N2O8S/c1-5-34-24(29)17-8-10-18(11-9-17)26-21(27)14-20(23(26)28)25(15-22(32-3)33-4)35(30,31)19-12-6-16(2)7-13-19/h6-13,20,22H,5,14-15H2,1-4H3. The molecule has 0 N–H and O–H groups in total. The summed E-state index contributed by atoms with van der Waals surface area (Å²) in [5.41, 5.74) is 1.35. The number of rotatable bonds is 10. The van der Waals surface area contributed by atoms with E-state index in [0.29, 0.717) is 0 Å². The molecule has 0 aromatic heterocycles. The van der Waals surface area contributed by atoms with Crippen LogP contribution in [0.15, 0.2) is 53.4 Å². The molecule has 0 spiro atoms. The van der Waals surface area contributed by atoms with Crippen LogP contribution in [0.1, 0.15) is 29.3 Å². The minimum absolute atomic E-state index is 0.0217. The van der Waals surface area contributed by atoms with Gasteiger partial charge in [0, 0.05) is 14.2 Å². The Morgan fingerprint density at radius 1 is 1.06 bits per heavy atom. The van der Waals surface area contributed by atoms with Crippen LogP contribution in [0.25, 0.3) is 0 Å². The van der Waals surface area contributed by atoms with E-state index in [-0.39, 0.29) is 35.7 Å². The highest BCUT2D eigenvalue weighted by molar-refractivity contribution is 7.89. The molecule has 1 heterocycles. The Morgan fingerprint density at radius 2 is 1.66 bits per heavy atom. The molecule has 1 atom stereocenters. The molecular weight excluding hydrogens is 476 g/mol. The number of esters is 1. The van der Waals surface area contributed by atoms with E-state index in [9.17, 15) is 22.8 Å². The molecule has 1 unspecified atom stereocenters. The van der Waals surface area contributed by atoms with E-state index < -0.39 is 40.1 Å². The van der Waals surface area contributed by atoms with E-state index in [0.717, 1.165) is 14.8 Å². The van der Waals surface area contributed by atoms with Gasteiger partial charge in [0.15, 0.2) is 6.29 Å². The number of aryl methyl sites for hydroxylation is 1. The second-order valence-corrected chi connectivity index (χ2v) is 9.73. The summed E-state index contributed by atoms with van der Waals surface area (Å²) in [6.45, 7) is 3.41. The molecule has 1 fully saturated rings. The van der Waals surface area contributed by atoms with Crippen molar-refractivity contribution >= 4 is 33.5 Å². The van der Waals surface area contributed by atoms with Crippen LogP contribution in [0, 0.1) is 6.92 Å². The Labute approximate surface area is 204 Å². The van der Waals surface area contributed by atoms with Gasteiger partial charge in [-0.2, -0.15) is 4.31 Å². The fourth-order valence-corrected chi connectivity index (χ4v) is 5.27. The smallest absolute Gasteiger partial charge is 0.338 e. The summed E-state index contributed by atoms with van der Waals surface area (Å²) < 4.78 is 43.4. The molecule has 35 heavy (non-hydrogen) atoms. The number of anilines is 1. The summed E-state index contributed by atoms with van der Waals surface area (Å²) in [6, 6.07) is 10.6. The van der Waals surface area contributed by atoms with Gasteiger partial charge >= 0.3 is 5.97 Å². The summed E-state index contributed by atoms with van der Waals surface area (Å²) in [4.78, 5) is 39.1. The molecule has 10 nitrogen and oxygen atoms in total.